The van der Waals surface area contributed by atoms with Crippen LogP contribution >= 0.6 is 11.3 Å². The van der Waals surface area contributed by atoms with Crippen LogP contribution < -0.4 is 10.5 Å². The van der Waals surface area contributed by atoms with Gasteiger partial charge in [-0.15, -0.1) is 11.3 Å². The van der Waals surface area contributed by atoms with Crippen molar-refractivity contribution >= 4 is 17.1 Å². The summed E-state index contributed by atoms with van der Waals surface area (Å²) < 4.78 is 43.3. The molecule has 0 bridgehead atoms. The van der Waals surface area contributed by atoms with Gasteiger partial charge >= 0.3 is 6.18 Å². The third-order valence-electron chi connectivity index (χ3n) is 3.86. The number of nitrogens with two attached hydrogens (primary N) is 1. The van der Waals surface area contributed by atoms with Crippen LogP contribution in [0, 0.1) is 6.92 Å². The number of Topliss-reactive ketones (excluding diaryl/α,β-unsaturated/α-hetero) is 1. The highest BCUT2D eigenvalue weighted by molar-refractivity contribution is 7.14. The number of ether oxygens (including phenoxy) is 1. The molecule has 0 spiro atoms. The molecule has 2 rings (SSSR count). The molecule has 1 radical (unpaired) electrons. The third-order valence-corrected chi connectivity index (χ3v) is 5.04. The summed E-state index contributed by atoms with van der Waals surface area (Å²) in [5.41, 5.74) is 4.62. The van der Waals surface area contributed by atoms with Crippen molar-refractivity contribution in [1.82, 2.24) is 0 Å². The molecular weight excluding hydrogens is 375 g/mol. The quantitative estimate of drug-likeness (QED) is 0.461. The maximum atomic E-state index is 12.7. The Kier molecular flexibility index (Phi) is 7.06. The highest BCUT2D eigenvalue weighted by atomic mass is 32.1. The summed E-state index contributed by atoms with van der Waals surface area (Å²) in [4.78, 5) is 14.0. The normalized spacial score (nSPS) is 12.2. The van der Waals surface area contributed by atoms with E-state index < -0.39 is 17.3 Å². The standard InChI is InChI=1S/C20H23F3NO2S/c1-19(2,24)11-10-16-8-9-18(27-16)17(25)7-4-12-26-15-6-3-5-14(13-15)20(21,22)23/h3,5-6,8-9,13H,1,4,7,10-12,24H2,2H3. The van der Waals surface area contributed by atoms with Crippen molar-refractivity contribution in [1.29, 1.82) is 0 Å². The molecule has 1 atom stereocenters. The van der Waals surface area contributed by atoms with Crippen molar-refractivity contribution in [2.45, 2.75) is 44.3 Å². The van der Waals surface area contributed by atoms with Crippen LogP contribution in [0.2, 0.25) is 0 Å². The molecule has 0 fully saturated rings. The van der Waals surface area contributed by atoms with Crippen LogP contribution in [0.15, 0.2) is 36.4 Å². The largest absolute Gasteiger partial charge is 0.494 e. The lowest BCUT2D eigenvalue weighted by atomic mass is 10.00. The van der Waals surface area contributed by atoms with Gasteiger partial charge in [-0.1, -0.05) is 6.07 Å². The zero-order valence-corrected chi connectivity index (χ0v) is 16.0. The highest BCUT2D eigenvalue weighted by Crippen LogP contribution is 2.31. The highest BCUT2D eigenvalue weighted by Gasteiger charge is 2.30. The second-order valence-electron chi connectivity index (χ2n) is 6.82. The van der Waals surface area contributed by atoms with E-state index in [1.807, 2.05) is 13.0 Å². The van der Waals surface area contributed by atoms with Crippen LogP contribution in [0.4, 0.5) is 13.2 Å². The van der Waals surface area contributed by atoms with Crippen LogP contribution in [-0.2, 0) is 12.6 Å². The topological polar surface area (TPSA) is 52.3 Å². The number of benzene rings is 1. The zero-order valence-electron chi connectivity index (χ0n) is 15.1. The van der Waals surface area contributed by atoms with Gasteiger partial charge in [-0.2, -0.15) is 13.2 Å². The summed E-state index contributed by atoms with van der Waals surface area (Å²) in [7, 11) is 0. The number of hydrogen-bond donors (Lipinski definition) is 1. The smallest absolute Gasteiger partial charge is 0.416 e. The summed E-state index contributed by atoms with van der Waals surface area (Å²) in [6.07, 6.45) is -2.19. The van der Waals surface area contributed by atoms with Gasteiger partial charge in [-0.05, 0) is 63.4 Å². The van der Waals surface area contributed by atoms with Gasteiger partial charge in [-0.3, -0.25) is 4.79 Å². The summed E-state index contributed by atoms with van der Waals surface area (Å²) in [6.45, 7) is 5.90. The van der Waals surface area contributed by atoms with Crippen LogP contribution in [0.5, 0.6) is 5.75 Å². The molecule has 0 aliphatic rings. The summed E-state index contributed by atoms with van der Waals surface area (Å²) in [6, 6.07) is 8.44. The maximum Gasteiger partial charge on any atom is 0.416 e. The predicted molar refractivity (Wildman–Crippen MR) is 101 cm³/mol. The number of carbonyl (C=O) groups excluding carboxylic acids is 1. The Bertz CT molecular complexity index is 763. The minimum atomic E-state index is -4.40. The number of halogens is 3. The summed E-state index contributed by atoms with van der Waals surface area (Å²) in [5, 5.41) is 0. The maximum absolute atomic E-state index is 12.7. The number of ketones is 1. The van der Waals surface area contributed by atoms with Crippen molar-refractivity contribution in [3.05, 3.63) is 58.6 Å². The second kappa shape index (κ2) is 8.89. The number of alkyl halides is 3. The van der Waals surface area contributed by atoms with E-state index in [0.29, 0.717) is 11.3 Å². The third kappa shape index (κ3) is 7.34. The lowest BCUT2D eigenvalue weighted by Gasteiger charge is -2.16. The monoisotopic (exact) mass is 398 g/mol. The van der Waals surface area contributed by atoms with Gasteiger partial charge < -0.3 is 10.5 Å². The average molecular weight is 398 g/mol. The summed E-state index contributed by atoms with van der Waals surface area (Å²) >= 11 is 1.44. The first-order valence-corrected chi connectivity index (χ1v) is 9.42. The molecule has 147 valence electrons. The molecule has 0 saturated carbocycles. The zero-order chi connectivity index (χ0) is 20.1. The molecule has 0 amide bonds. The van der Waals surface area contributed by atoms with Crippen molar-refractivity contribution in [3.8, 4) is 5.75 Å². The Balaban J connectivity index is 1.77. The first-order valence-electron chi connectivity index (χ1n) is 8.61. The van der Waals surface area contributed by atoms with Crippen molar-refractivity contribution in [2.24, 2.45) is 5.73 Å². The van der Waals surface area contributed by atoms with Crippen LogP contribution in [0.1, 0.15) is 46.3 Å². The fourth-order valence-corrected chi connectivity index (χ4v) is 3.35. The molecule has 1 aromatic heterocycles. The van der Waals surface area contributed by atoms with Gasteiger partial charge in [0.25, 0.3) is 0 Å². The van der Waals surface area contributed by atoms with E-state index in [4.69, 9.17) is 10.5 Å². The second-order valence-corrected chi connectivity index (χ2v) is 7.99. The van der Waals surface area contributed by atoms with E-state index in [-0.39, 0.29) is 24.6 Å². The molecule has 0 aliphatic carbocycles. The van der Waals surface area contributed by atoms with Gasteiger partial charge in [0.05, 0.1) is 17.0 Å². The van der Waals surface area contributed by atoms with E-state index in [0.717, 1.165) is 29.9 Å². The molecule has 2 N–H and O–H groups in total. The van der Waals surface area contributed by atoms with Gasteiger partial charge in [-0.25, -0.2) is 0 Å². The van der Waals surface area contributed by atoms with Crippen LogP contribution in [0.3, 0.4) is 0 Å². The first-order chi connectivity index (χ1) is 12.5. The van der Waals surface area contributed by atoms with Crippen molar-refractivity contribution < 1.29 is 22.7 Å². The minimum Gasteiger partial charge on any atom is -0.494 e. The molecule has 2 aromatic rings. The Morgan fingerprint density at radius 2 is 2.00 bits per heavy atom. The number of thiophene rings is 1. The molecule has 27 heavy (non-hydrogen) atoms. The number of carbonyl (C=O) groups is 1. The van der Waals surface area contributed by atoms with Crippen molar-refractivity contribution in [3.63, 3.8) is 0 Å². The lowest BCUT2D eigenvalue weighted by molar-refractivity contribution is -0.137. The predicted octanol–water partition coefficient (Wildman–Crippen LogP) is 5.29. The minimum absolute atomic E-state index is 0.00373. The molecule has 1 heterocycles. The van der Waals surface area contributed by atoms with Gasteiger partial charge in [0.15, 0.2) is 5.78 Å². The van der Waals surface area contributed by atoms with Crippen LogP contribution in [-0.4, -0.2) is 17.9 Å². The summed E-state index contributed by atoms with van der Waals surface area (Å²) in [5.74, 6) is 0.151. The fraction of sp³-hybridized carbons (Fsp3) is 0.400. The SMILES string of the molecule is [CH2]C(C)(N)CCc1ccc(C(=O)CCCOc2cccc(C(F)(F)F)c2)s1. The van der Waals surface area contributed by atoms with Gasteiger partial charge in [0.2, 0.25) is 0 Å². The molecular formula is C20H23F3NO2S. The van der Waals surface area contributed by atoms with E-state index in [2.05, 4.69) is 6.92 Å². The Morgan fingerprint density at radius 1 is 1.26 bits per heavy atom. The first kappa shape index (κ1) is 21.4. The number of rotatable bonds is 9. The van der Waals surface area contributed by atoms with Crippen molar-refractivity contribution in [2.75, 3.05) is 6.61 Å². The number of aryl methyl sites for hydroxylation is 1. The van der Waals surface area contributed by atoms with Crippen LogP contribution in [0.25, 0.3) is 0 Å². The molecule has 3 nitrogen and oxygen atoms in total. The van der Waals surface area contributed by atoms with E-state index >= 15 is 0 Å². The molecule has 1 aromatic carbocycles. The Morgan fingerprint density at radius 3 is 2.67 bits per heavy atom. The van der Waals surface area contributed by atoms with E-state index in [9.17, 15) is 18.0 Å². The fourth-order valence-electron chi connectivity index (χ4n) is 2.38. The Labute approximate surface area is 161 Å². The van der Waals surface area contributed by atoms with Gasteiger partial charge in [0, 0.05) is 16.8 Å². The van der Waals surface area contributed by atoms with E-state index in [1.165, 1.54) is 23.5 Å². The Hall–Kier alpha value is -1.86. The van der Waals surface area contributed by atoms with E-state index in [1.54, 1.807) is 6.07 Å². The van der Waals surface area contributed by atoms with Gasteiger partial charge in [0.1, 0.15) is 5.75 Å². The molecule has 0 saturated heterocycles. The molecule has 0 aliphatic heterocycles. The number of hydrogen-bond acceptors (Lipinski definition) is 4. The average Bonchev–Trinajstić information content (AvgIpc) is 3.05. The molecule has 7 heteroatoms. The molecule has 1 unspecified atom stereocenters. The lowest BCUT2D eigenvalue weighted by Crippen LogP contribution is -2.32.